The van der Waals surface area contributed by atoms with Crippen molar-refractivity contribution in [2.24, 2.45) is 4.99 Å². The molecule has 0 heterocycles. The van der Waals surface area contributed by atoms with Crippen molar-refractivity contribution in [1.82, 2.24) is 15.5 Å². The van der Waals surface area contributed by atoms with E-state index in [9.17, 15) is 17.6 Å². The van der Waals surface area contributed by atoms with Crippen LogP contribution in [0.5, 0.6) is 0 Å². The highest BCUT2D eigenvalue weighted by Crippen LogP contribution is 2.32. The van der Waals surface area contributed by atoms with Crippen LogP contribution >= 0.6 is 24.0 Å². The van der Waals surface area contributed by atoms with Gasteiger partial charge in [0.25, 0.3) is 0 Å². The average Bonchev–Trinajstić information content (AvgIpc) is 3.45. The Hall–Kier alpha value is -1.14. The standard InChI is InChI=1S/C18H26F4N4O.HI/c1-23-17(24-7-8-26(9-10-27-2)15-5-6-15)25-12-13-3-4-14(19)11-16(13)18(20,21)22;/h3-4,11,15H,5-10,12H2,1-2H3,(H2,23,24,25);1H. The minimum Gasteiger partial charge on any atom is -0.383 e. The molecule has 160 valence electrons. The van der Waals surface area contributed by atoms with E-state index in [1.54, 1.807) is 14.2 Å². The van der Waals surface area contributed by atoms with Gasteiger partial charge in [-0.3, -0.25) is 9.89 Å². The van der Waals surface area contributed by atoms with E-state index in [1.165, 1.54) is 12.8 Å². The highest BCUT2D eigenvalue weighted by molar-refractivity contribution is 14.0. The summed E-state index contributed by atoms with van der Waals surface area (Å²) < 4.78 is 57.5. The first kappa shape index (κ1) is 24.9. The lowest BCUT2D eigenvalue weighted by atomic mass is 10.1. The molecule has 0 bridgehead atoms. The zero-order valence-electron chi connectivity index (χ0n) is 16.0. The first-order valence-corrected chi connectivity index (χ1v) is 8.88. The quantitative estimate of drug-likeness (QED) is 0.228. The van der Waals surface area contributed by atoms with Gasteiger partial charge in [0.15, 0.2) is 5.96 Å². The number of alkyl halides is 3. The Balaban J connectivity index is 0.00000392. The minimum atomic E-state index is -4.61. The number of methoxy groups -OCH3 is 1. The Bertz CT molecular complexity index is 639. The number of benzene rings is 1. The van der Waals surface area contributed by atoms with Crippen molar-refractivity contribution >= 4 is 29.9 Å². The molecule has 1 aliphatic rings. The van der Waals surface area contributed by atoms with Crippen LogP contribution in [-0.2, 0) is 17.5 Å². The van der Waals surface area contributed by atoms with Gasteiger partial charge in [0, 0.05) is 46.4 Å². The lowest BCUT2D eigenvalue weighted by molar-refractivity contribution is -0.138. The molecule has 2 rings (SSSR count). The molecule has 2 N–H and O–H groups in total. The summed E-state index contributed by atoms with van der Waals surface area (Å²) in [4.78, 5) is 6.35. The molecule has 1 aromatic rings. The summed E-state index contributed by atoms with van der Waals surface area (Å²) in [5.74, 6) is -0.514. The number of nitrogens with zero attached hydrogens (tertiary/aromatic N) is 2. The van der Waals surface area contributed by atoms with Gasteiger partial charge in [-0.25, -0.2) is 4.39 Å². The Morgan fingerprint density at radius 3 is 2.54 bits per heavy atom. The van der Waals surface area contributed by atoms with Crippen LogP contribution in [0, 0.1) is 5.82 Å². The molecule has 0 unspecified atom stereocenters. The smallest absolute Gasteiger partial charge is 0.383 e. The van der Waals surface area contributed by atoms with E-state index in [-0.39, 0.29) is 36.1 Å². The van der Waals surface area contributed by atoms with Crippen LogP contribution < -0.4 is 10.6 Å². The molecule has 28 heavy (non-hydrogen) atoms. The predicted octanol–water partition coefficient (Wildman–Crippen LogP) is 3.24. The largest absolute Gasteiger partial charge is 0.416 e. The number of aliphatic imine (C=N–C) groups is 1. The normalized spacial score (nSPS) is 14.8. The summed E-state index contributed by atoms with van der Waals surface area (Å²) in [5.41, 5.74) is -1.02. The van der Waals surface area contributed by atoms with Crippen LogP contribution in [0.2, 0.25) is 0 Å². The van der Waals surface area contributed by atoms with E-state index >= 15 is 0 Å². The lowest BCUT2D eigenvalue weighted by Crippen LogP contribution is -2.42. The Morgan fingerprint density at radius 2 is 1.96 bits per heavy atom. The molecule has 0 spiro atoms. The third-order valence-electron chi connectivity index (χ3n) is 4.38. The number of hydrogen-bond donors (Lipinski definition) is 2. The van der Waals surface area contributed by atoms with Gasteiger partial charge in [-0.2, -0.15) is 13.2 Å². The first-order chi connectivity index (χ1) is 12.8. The SMILES string of the molecule is CN=C(NCCN(CCOC)C1CC1)NCc1ccc(F)cc1C(F)(F)F.I. The number of hydrogen-bond acceptors (Lipinski definition) is 3. The third-order valence-corrected chi connectivity index (χ3v) is 4.38. The molecule has 0 aliphatic heterocycles. The molecular formula is C18H27F4IN4O. The topological polar surface area (TPSA) is 48.9 Å². The van der Waals surface area contributed by atoms with E-state index in [2.05, 4.69) is 20.5 Å². The highest BCUT2D eigenvalue weighted by atomic mass is 127. The van der Waals surface area contributed by atoms with Gasteiger partial charge in [0.05, 0.1) is 12.2 Å². The first-order valence-electron chi connectivity index (χ1n) is 8.88. The van der Waals surface area contributed by atoms with Gasteiger partial charge in [0.2, 0.25) is 0 Å². The molecule has 1 aliphatic carbocycles. The van der Waals surface area contributed by atoms with Gasteiger partial charge in [-0.1, -0.05) is 6.07 Å². The number of rotatable bonds is 9. The second-order valence-corrected chi connectivity index (χ2v) is 6.41. The summed E-state index contributed by atoms with van der Waals surface area (Å²) in [6, 6.07) is 3.26. The van der Waals surface area contributed by atoms with Crippen molar-refractivity contribution in [1.29, 1.82) is 0 Å². The van der Waals surface area contributed by atoms with Crippen molar-refractivity contribution in [3.05, 3.63) is 35.1 Å². The highest BCUT2D eigenvalue weighted by Gasteiger charge is 2.33. The summed E-state index contributed by atoms with van der Waals surface area (Å²) in [6.07, 6.45) is -2.24. The van der Waals surface area contributed by atoms with E-state index in [4.69, 9.17) is 4.74 Å². The fourth-order valence-corrected chi connectivity index (χ4v) is 2.81. The second-order valence-electron chi connectivity index (χ2n) is 6.41. The summed E-state index contributed by atoms with van der Waals surface area (Å²) in [5, 5.41) is 5.95. The van der Waals surface area contributed by atoms with Gasteiger partial charge in [-0.05, 0) is 30.5 Å². The maximum Gasteiger partial charge on any atom is 0.416 e. The molecule has 0 amide bonds. The molecule has 10 heteroatoms. The van der Waals surface area contributed by atoms with Crippen LogP contribution in [-0.4, -0.2) is 57.3 Å². The second kappa shape index (κ2) is 11.8. The van der Waals surface area contributed by atoms with E-state index in [0.29, 0.717) is 31.2 Å². The van der Waals surface area contributed by atoms with Crippen molar-refractivity contribution in [3.8, 4) is 0 Å². The van der Waals surface area contributed by atoms with E-state index in [0.717, 1.165) is 25.2 Å². The number of guanidine groups is 1. The molecule has 0 aromatic heterocycles. The van der Waals surface area contributed by atoms with Crippen molar-refractivity contribution < 1.29 is 22.3 Å². The van der Waals surface area contributed by atoms with Crippen LogP contribution in [0.3, 0.4) is 0 Å². The molecule has 0 atom stereocenters. The van der Waals surface area contributed by atoms with Gasteiger partial charge >= 0.3 is 6.18 Å². The van der Waals surface area contributed by atoms with Crippen molar-refractivity contribution in [3.63, 3.8) is 0 Å². The fraction of sp³-hybridized carbons (Fsp3) is 0.611. The number of nitrogens with one attached hydrogen (secondary N) is 2. The van der Waals surface area contributed by atoms with Crippen LogP contribution in [0.1, 0.15) is 24.0 Å². The van der Waals surface area contributed by atoms with Gasteiger partial charge in [0.1, 0.15) is 5.82 Å². The number of halogens is 5. The third kappa shape index (κ3) is 8.08. The van der Waals surface area contributed by atoms with Crippen molar-refractivity contribution in [2.75, 3.05) is 40.4 Å². The molecule has 0 saturated heterocycles. The maximum atomic E-state index is 13.2. The van der Waals surface area contributed by atoms with Crippen LogP contribution in [0.15, 0.2) is 23.2 Å². The molecule has 1 saturated carbocycles. The lowest BCUT2D eigenvalue weighted by Gasteiger charge is -2.22. The fourth-order valence-electron chi connectivity index (χ4n) is 2.81. The van der Waals surface area contributed by atoms with Crippen LogP contribution in [0.25, 0.3) is 0 Å². The summed E-state index contributed by atoms with van der Waals surface area (Å²) >= 11 is 0. The molecule has 1 fully saturated rings. The zero-order valence-corrected chi connectivity index (χ0v) is 18.3. The summed E-state index contributed by atoms with van der Waals surface area (Å²) in [7, 11) is 3.22. The minimum absolute atomic E-state index is 0. The maximum absolute atomic E-state index is 13.2. The van der Waals surface area contributed by atoms with E-state index < -0.39 is 17.6 Å². The Kier molecular flexibility index (Phi) is 10.5. The Morgan fingerprint density at radius 1 is 1.25 bits per heavy atom. The monoisotopic (exact) mass is 518 g/mol. The van der Waals surface area contributed by atoms with Gasteiger partial charge in [-0.15, -0.1) is 24.0 Å². The summed E-state index contributed by atoms with van der Waals surface area (Å²) in [6.45, 7) is 2.80. The van der Waals surface area contributed by atoms with Gasteiger partial charge < -0.3 is 15.4 Å². The molecule has 1 aromatic carbocycles. The average molecular weight is 518 g/mol. The van der Waals surface area contributed by atoms with E-state index in [1.807, 2.05) is 0 Å². The molecular weight excluding hydrogens is 491 g/mol. The molecule has 0 radical (unpaired) electrons. The zero-order chi connectivity index (χ0) is 19.9. The Labute approximate surface area is 179 Å². The van der Waals surface area contributed by atoms with Crippen LogP contribution in [0.4, 0.5) is 17.6 Å². The molecule has 5 nitrogen and oxygen atoms in total. The number of ether oxygens (including phenoxy) is 1. The predicted molar refractivity (Wildman–Crippen MR) is 111 cm³/mol. The van der Waals surface area contributed by atoms with Crippen molar-refractivity contribution in [2.45, 2.75) is 31.6 Å².